The molecule has 2 aromatic carbocycles. The maximum absolute atomic E-state index is 15.3. The number of hydrogen-bond acceptors (Lipinski definition) is 3. The van der Waals surface area contributed by atoms with Crippen LogP contribution in [-0.2, 0) is 0 Å². The van der Waals surface area contributed by atoms with Crippen molar-refractivity contribution in [1.29, 1.82) is 0 Å². The lowest BCUT2D eigenvalue weighted by atomic mass is 9.88. The number of rotatable bonds is 3. The minimum Gasteiger partial charge on any atom is -0.545 e. The molecule has 0 amide bonds. The van der Waals surface area contributed by atoms with E-state index < -0.39 is 31.2 Å². The largest absolute Gasteiger partial charge is 0.545 e. The Labute approximate surface area is 193 Å². The highest BCUT2D eigenvalue weighted by molar-refractivity contribution is 6.98. The van der Waals surface area contributed by atoms with Gasteiger partial charge in [-0.2, -0.15) is 0 Å². The van der Waals surface area contributed by atoms with Crippen LogP contribution in [0.25, 0.3) is 5.57 Å². The number of benzene rings is 2. The van der Waals surface area contributed by atoms with E-state index in [2.05, 4.69) is 25.2 Å². The quantitative estimate of drug-likeness (QED) is 0.519. The summed E-state index contributed by atoms with van der Waals surface area (Å²) in [5.74, 6) is -3.46. The standard InChI is InChI=1S/C26H26F2N2O2Si/c1-29(2)16-7-9-18-22(13-16)33(5,6)23-14-17(30(3)4)8-10-19(23)24(18)25-20(27)11-15(26(31)32)12-21(25)28/h7-14H,1-6H3. The second-order valence-corrected chi connectivity index (χ2v) is 13.7. The fourth-order valence-electron chi connectivity index (χ4n) is 4.58. The number of carbonyl (C=O) groups is 1. The Balaban J connectivity index is 2.13. The molecular weight excluding hydrogens is 438 g/mol. The molecule has 0 spiro atoms. The molecule has 0 atom stereocenters. The monoisotopic (exact) mass is 464 g/mol. The highest BCUT2D eigenvalue weighted by atomic mass is 28.3. The van der Waals surface area contributed by atoms with Gasteiger partial charge in [0.15, 0.2) is 5.71 Å². The molecule has 0 aromatic heterocycles. The van der Waals surface area contributed by atoms with Gasteiger partial charge in [0, 0.05) is 43.1 Å². The van der Waals surface area contributed by atoms with Crippen LogP contribution >= 0.6 is 0 Å². The molecule has 7 heteroatoms. The lowest BCUT2D eigenvalue weighted by molar-refractivity contribution is -0.462. The third-order valence-corrected chi connectivity index (χ3v) is 9.97. The van der Waals surface area contributed by atoms with Crippen molar-refractivity contribution in [3.8, 4) is 0 Å². The van der Waals surface area contributed by atoms with Gasteiger partial charge in [-0.25, -0.2) is 13.4 Å². The van der Waals surface area contributed by atoms with E-state index in [0.717, 1.165) is 45.1 Å². The molecule has 0 bridgehead atoms. The van der Waals surface area contributed by atoms with Crippen molar-refractivity contribution in [2.45, 2.75) is 13.1 Å². The van der Waals surface area contributed by atoms with E-state index in [1.165, 1.54) is 0 Å². The minimum absolute atomic E-state index is 0.220. The summed E-state index contributed by atoms with van der Waals surface area (Å²) in [6.45, 7) is 4.48. The van der Waals surface area contributed by atoms with Gasteiger partial charge < -0.3 is 14.8 Å². The van der Waals surface area contributed by atoms with E-state index >= 15 is 8.78 Å². The zero-order chi connectivity index (χ0) is 24.2. The van der Waals surface area contributed by atoms with Gasteiger partial charge in [0.05, 0.1) is 11.5 Å². The summed E-state index contributed by atoms with van der Waals surface area (Å²) >= 11 is 0. The van der Waals surface area contributed by atoms with Crippen LogP contribution in [0.1, 0.15) is 21.5 Å². The van der Waals surface area contributed by atoms with Gasteiger partial charge in [-0.05, 0) is 51.9 Å². The summed E-state index contributed by atoms with van der Waals surface area (Å²) < 4.78 is 32.6. The van der Waals surface area contributed by atoms with Crippen molar-refractivity contribution < 1.29 is 23.3 Å². The second kappa shape index (κ2) is 7.92. The van der Waals surface area contributed by atoms with Crippen molar-refractivity contribution in [2.24, 2.45) is 0 Å². The molecule has 0 saturated heterocycles. The van der Waals surface area contributed by atoms with Gasteiger partial charge in [0.25, 0.3) is 0 Å². The molecular formula is C26H26F2N2O2Si. The van der Waals surface area contributed by atoms with Crippen LogP contribution in [0.4, 0.5) is 14.5 Å². The lowest BCUT2D eigenvalue weighted by Crippen LogP contribution is -2.50. The zero-order valence-corrected chi connectivity index (χ0v) is 20.6. The highest BCUT2D eigenvalue weighted by Gasteiger charge is 2.41. The van der Waals surface area contributed by atoms with E-state index in [1.807, 2.05) is 62.0 Å². The van der Waals surface area contributed by atoms with Gasteiger partial charge >= 0.3 is 0 Å². The molecule has 4 nitrogen and oxygen atoms in total. The molecule has 1 aliphatic heterocycles. The zero-order valence-electron chi connectivity index (χ0n) is 19.6. The lowest BCUT2D eigenvalue weighted by Gasteiger charge is -2.38. The predicted molar refractivity (Wildman–Crippen MR) is 129 cm³/mol. The smallest absolute Gasteiger partial charge is 0.199 e. The number of carboxylic acids is 1. The minimum atomic E-state index is -2.25. The average Bonchev–Trinajstić information content (AvgIpc) is 2.74. The molecule has 0 saturated carbocycles. The summed E-state index contributed by atoms with van der Waals surface area (Å²) in [6, 6.07) is 7.63. The van der Waals surface area contributed by atoms with Crippen LogP contribution in [0.15, 0.2) is 59.3 Å². The van der Waals surface area contributed by atoms with Crippen molar-refractivity contribution in [1.82, 2.24) is 0 Å². The number of fused-ring (bicyclic) bond motifs is 2. The number of anilines is 1. The summed E-state index contributed by atoms with van der Waals surface area (Å²) in [6.07, 6.45) is 5.97. The normalized spacial score (nSPS) is 16.2. The van der Waals surface area contributed by atoms with E-state index in [1.54, 1.807) is 0 Å². The Morgan fingerprint density at radius 1 is 1.03 bits per heavy atom. The first-order chi connectivity index (χ1) is 15.4. The van der Waals surface area contributed by atoms with E-state index in [-0.39, 0.29) is 5.56 Å². The molecule has 2 aliphatic rings. The Bertz CT molecular complexity index is 1310. The van der Waals surface area contributed by atoms with Crippen molar-refractivity contribution in [3.63, 3.8) is 0 Å². The van der Waals surface area contributed by atoms with Crippen LogP contribution < -0.4 is 15.2 Å². The Kier molecular flexibility index (Phi) is 5.48. The number of aromatic carboxylic acids is 1. The third kappa shape index (κ3) is 3.66. The molecule has 0 N–H and O–H groups in total. The summed E-state index contributed by atoms with van der Waals surface area (Å²) in [7, 11) is 5.58. The predicted octanol–water partition coefficient (Wildman–Crippen LogP) is 2.87. The third-order valence-electron chi connectivity index (χ3n) is 6.45. The summed E-state index contributed by atoms with van der Waals surface area (Å²) in [4.78, 5) is 13.2. The number of hydrogen-bond donors (Lipinski definition) is 0. The maximum Gasteiger partial charge on any atom is 0.199 e. The molecule has 1 aliphatic carbocycles. The number of halogens is 2. The Morgan fingerprint density at radius 3 is 2.21 bits per heavy atom. The first-order valence-corrected chi connectivity index (χ1v) is 13.7. The van der Waals surface area contributed by atoms with Gasteiger partial charge in [-0.3, -0.25) is 0 Å². The summed E-state index contributed by atoms with van der Waals surface area (Å²) in [5, 5.41) is 13.4. The first kappa shape index (κ1) is 22.9. The van der Waals surface area contributed by atoms with Gasteiger partial charge in [-0.15, -0.1) is 0 Å². The second-order valence-electron chi connectivity index (χ2n) is 9.35. The maximum atomic E-state index is 15.3. The Hall–Kier alpha value is -3.32. The van der Waals surface area contributed by atoms with Crippen molar-refractivity contribution in [2.75, 3.05) is 33.1 Å². The van der Waals surface area contributed by atoms with Crippen LogP contribution in [0, 0.1) is 11.6 Å². The van der Waals surface area contributed by atoms with Gasteiger partial charge in [0.1, 0.15) is 33.8 Å². The van der Waals surface area contributed by atoms with E-state index in [0.29, 0.717) is 5.57 Å². The number of allylic oxidation sites excluding steroid dienone is 5. The molecule has 33 heavy (non-hydrogen) atoms. The summed E-state index contributed by atoms with van der Waals surface area (Å²) in [5.41, 5.74) is 3.28. The molecule has 0 radical (unpaired) electrons. The average molecular weight is 465 g/mol. The van der Waals surface area contributed by atoms with Crippen molar-refractivity contribution >= 4 is 36.2 Å². The SMILES string of the molecule is CN(C)c1ccc2c(c1)[Si](C)(C)C1=CC(=[N+](C)C)C=CC1=C2c1c(F)cc(C(=O)[O-])cc1F. The van der Waals surface area contributed by atoms with E-state index in [9.17, 15) is 9.90 Å². The fraction of sp³-hybridized carbons (Fsp3) is 0.231. The van der Waals surface area contributed by atoms with Crippen molar-refractivity contribution in [3.05, 3.63) is 87.7 Å². The molecule has 1 heterocycles. The molecule has 170 valence electrons. The number of nitrogens with zero attached hydrogens (tertiary/aromatic N) is 2. The van der Waals surface area contributed by atoms with Gasteiger partial charge in [0.2, 0.25) is 0 Å². The topological polar surface area (TPSA) is 46.4 Å². The van der Waals surface area contributed by atoms with Crippen LogP contribution in [-0.4, -0.2) is 52.5 Å². The molecule has 2 aromatic rings. The molecule has 0 fully saturated rings. The molecule has 0 unspecified atom stereocenters. The van der Waals surface area contributed by atoms with E-state index in [4.69, 9.17) is 0 Å². The van der Waals surface area contributed by atoms with Crippen LogP contribution in [0.5, 0.6) is 0 Å². The highest BCUT2D eigenvalue weighted by Crippen LogP contribution is 2.43. The Morgan fingerprint density at radius 2 is 1.67 bits per heavy atom. The fourth-order valence-corrected chi connectivity index (χ4v) is 7.65. The number of carboxylic acid groups (broad SMARTS) is 1. The van der Waals surface area contributed by atoms with Crippen LogP contribution in [0.2, 0.25) is 13.1 Å². The van der Waals surface area contributed by atoms with Crippen LogP contribution in [0.3, 0.4) is 0 Å². The van der Waals surface area contributed by atoms with Gasteiger partial charge in [-0.1, -0.05) is 19.2 Å². The first-order valence-electron chi connectivity index (χ1n) is 10.7. The molecule has 4 rings (SSSR count). The number of carbonyl (C=O) groups excluding carboxylic acids is 1.